The number of piperidine rings is 1. The molecule has 0 saturated carbocycles. The lowest BCUT2D eigenvalue weighted by atomic mass is 10.0. The molecule has 0 spiro atoms. The zero-order valence-corrected chi connectivity index (χ0v) is 18.8. The van der Waals surface area contributed by atoms with Gasteiger partial charge in [-0.1, -0.05) is 12.1 Å². The fraction of sp³-hybridized carbons (Fsp3) is 0.480. The van der Waals surface area contributed by atoms with Crippen LogP contribution in [0.25, 0.3) is 0 Å². The van der Waals surface area contributed by atoms with Crippen LogP contribution < -0.4 is 14.8 Å². The maximum atomic E-state index is 11.7. The number of benzene rings is 2. The third-order valence-electron chi connectivity index (χ3n) is 6.08. The number of amides is 1. The molecule has 0 radical (unpaired) electrons. The number of likely N-dealkylation sites (tertiary alicyclic amines) is 1. The SMILES string of the molecule is CCOCc1cc(CN2CC[C@@H](Oc3ccc4c(c3)NC(=O)CC4)[C@H](O)C2)ccc1OC. The molecule has 7 heteroatoms. The maximum absolute atomic E-state index is 11.7. The Hall–Kier alpha value is -2.61. The summed E-state index contributed by atoms with van der Waals surface area (Å²) in [7, 11) is 1.67. The van der Waals surface area contributed by atoms with E-state index in [0.29, 0.717) is 31.9 Å². The molecule has 0 aromatic heterocycles. The average molecular weight is 441 g/mol. The van der Waals surface area contributed by atoms with Crippen molar-refractivity contribution < 1.29 is 24.1 Å². The number of β-amino-alcohol motifs (C(OH)–C–C–N with tert-alkyl or cyclic N) is 1. The van der Waals surface area contributed by atoms with Gasteiger partial charge in [0.1, 0.15) is 23.7 Å². The van der Waals surface area contributed by atoms with Gasteiger partial charge < -0.3 is 24.6 Å². The van der Waals surface area contributed by atoms with Gasteiger partial charge in [-0.25, -0.2) is 0 Å². The van der Waals surface area contributed by atoms with E-state index in [1.54, 1.807) is 7.11 Å². The van der Waals surface area contributed by atoms with Gasteiger partial charge in [0.05, 0.1) is 13.7 Å². The van der Waals surface area contributed by atoms with Crippen LogP contribution in [-0.4, -0.2) is 54.9 Å². The number of aliphatic hydroxyl groups excluding tert-OH is 1. The zero-order chi connectivity index (χ0) is 22.5. The summed E-state index contributed by atoms with van der Waals surface area (Å²) in [6, 6.07) is 11.9. The molecule has 2 N–H and O–H groups in total. The van der Waals surface area contributed by atoms with Gasteiger partial charge in [0, 0.05) is 50.0 Å². The minimum Gasteiger partial charge on any atom is -0.496 e. The van der Waals surface area contributed by atoms with Crippen molar-refractivity contribution in [3.8, 4) is 11.5 Å². The van der Waals surface area contributed by atoms with E-state index >= 15 is 0 Å². The number of nitrogens with one attached hydrogen (secondary N) is 1. The molecule has 0 aliphatic carbocycles. The molecular formula is C25H32N2O5. The number of fused-ring (bicyclic) bond motifs is 1. The highest BCUT2D eigenvalue weighted by Gasteiger charge is 2.29. The number of rotatable bonds is 8. The highest BCUT2D eigenvalue weighted by atomic mass is 16.5. The van der Waals surface area contributed by atoms with E-state index in [0.717, 1.165) is 54.1 Å². The van der Waals surface area contributed by atoms with Crippen LogP contribution in [0.1, 0.15) is 36.5 Å². The second kappa shape index (κ2) is 10.3. The number of aryl methyl sites for hydroxylation is 1. The Labute approximate surface area is 189 Å². The fourth-order valence-electron chi connectivity index (χ4n) is 4.37. The molecule has 0 unspecified atom stereocenters. The molecule has 1 fully saturated rings. The number of carbonyl (C=O) groups is 1. The largest absolute Gasteiger partial charge is 0.496 e. The third-order valence-corrected chi connectivity index (χ3v) is 6.08. The molecule has 2 aromatic rings. The second-order valence-electron chi connectivity index (χ2n) is 8.40. The van der Waals surface area contributed by atoms with E-state index in [-0.39, 0.29) is 12.0 Å². The number of hydrogen-bond acceptors (Lipinski definition) is 6. The molecule has 32 heavy (non-hydrogen) atoms. The summed E-state index contributed by atoms with van der Waals surface area (Å²) in [6.07, 6.45) is 1.14. The highest BCUT2D eigenvalue weighted by molar-refractivity contribution is 5.94. The normalized spacial score (nSPS) is 21.0. The molecule has 1 saturated heterocycles. The topological polar surface area (TPSA) is 80.3 Å². The van der Waals surface area contributed by atoms with Gasteiger partial charge >= 0.3 is 0 Å². The summed E-state index contributed by atoms with van der Waals surface area (Å²) in [5, 5.41) is 13.6. The van der Waals surface area contributed by atoms with E-state index in [2.05, 4.69) is 22.3 Å². The van der Waals surface area contributed by atoms with Crippen LogP contribution in [0.5, 0.6) is 11.5 Å². The lowest BCUT2D eigenvalue weighted by Gasteiger charge is -2.36. The monoisotopic (exact) mass is 440 g/mol. The Morgan fingerprint density at radius 2 is 2.06 bits per heavy atom. The van der Waals surface area contributed by atoms with E-state index < -0.39 is 6.10 Å². The lowest BCUT2D eigenvalue weighted by Crippen LogP contribution is -2.48. The summed E-state index contributed by atoms with van der Waals surface area (Å²) >= 11 is 0. The van der Waals surface area contributed by atoms with E-state index in [4.69, 9.17) is 14.2 Å². The molecule has 4 rings (SSSR count). The number of methoxy groups -OCH3 is 1. The predicted octanol–water partition coefficient (Wildman–Crippen LogP) is 3.13. The summed E-state index contributed by atoms with van der Waals surface area (Å²) in [6.45, 7) is 5.27. The van der Waals surface area contributed by atoms with Crippen molar-refractivity contribution in [1.29, 1.82) is 0 Å². The Balaban J connectivity index is 1.35. The first-order valence-corrected chi connectivity index (χ1v) is 11.3. The zero-order valence-electron chi connectivity index (χ0n) is 18.8. The van der Waals surface area contributed by atoms with Crippen molar-refractivity contribution in [2.45, 2.75) is 51.5 Å². The van der Waals surface area contributed by atoms with Gasteiger partial charge in [0.15, 0.2) is 0 Å². The van der Waals surface area contributed by atoms with Crippen LogP contribution in [0.4, 0.5) is 5.69 Å². The summed E-state index contributed by atoms with van der Waals surface area (Å²) in [5.74, 6) is 1.54. The van der Waals surface area contributed by atoms with Crippen LogP contribution in [-0.2, 0) is 29.1 Å². The fourth-order valence-corrected chi connectivity index (χ4v) is 4.37. The van der Waals surface area contributed by atoms with Crippen molar-refractivity contribution in [2.24, 2.45) is 0 Å². The molecule has 1 amide bonds. The first-order chi connectivity index (χ1) is 15.6. The average Bonchev–Trinajstić information content (AvgIpc) is 2.79. The minimum absolute atomic E-state index is 0.0333. The summed E-state index contributed by atoms with van der Waals surface area (Å²) < 4.78 is 17.1. The maximum Gasteiger partial charge on any atom is 0.224 e. The van der Waals surface area contributed by atoms with Gasteiger partial charge in [-0.2, -0.15) is 0 Å². The molecule has 0 bridgehead atoms. The molecule has 2 atom stereocenters. The summed E-state index contributed by atoms with van der Waals surface area (Å²) in [5.41, 5.74) is 4.13. The van der Waals surface area contributed by atoms with Gasteiger partial charge in [0.25, 0.3) is 0 Å². The van der Waals surface area contributed by atoms with E-state index in [1.807, 2.05) is 31.2 Å². The van der Waals surface area contributed by atoms with Gasteiger partial charge in [0.2, 0.25) is 5.91 Å². The molecule has 2 heterocycles. The number of carbonyl (C=O) groups excluding carboxylic acids is 1. The molecule has 2 aromatic carbocycles. The van der Waals surface area contributed by atoms with Gasteiger partial charge in [-0.05, 0) is 49.1 Å². The Morgan fingerprint density at radius 3 is 2.84 bits per heavy atom. The molecular weight excluding hydrogens is 408 g/mol. The number of aliphatic hydroxyl groups is 1. The van der Waals surface area contributed by atoms with Crippen molar-refractivity contribution in [2.75, 3.05) is 32.1 Å². The number of anilines is 1. The molecule has 172 valence electrons. The standard InChI is InChI=1S/C25H32N2O5/c1-3-31-16-19-12-17(4-8-23(19)30-2)14-27-11-10-24(22(28)15-27)32-20-7-5-18-6-9-25(29)26-21(18)13-20/h4-5,7-8,12-13,22,24,28H,3,6,9-11,14-16H2,1-2H3,(H,26,29)/t22-,24-/m1/s1. The van der Waals surface area contributed by atoms with Crippen LogP contribution in [0.2, 0.25) is 0 Å². The van der Waals surface area contributed by atoms with Crippen molar-refractivity contribution >= 4 is 11.6 Å². The first kappa shape index (κ1) is 22.6. The Morgan fingerprint density at radius 1 is 1.19 bits per heavy atom. The van der Waals surface area contributed by atoms with Gasteiger partial charge in [-0.15, -0.1) is 0 Å². The highest BCUT2D eigenvalue weighted by Crippen LogP contribution is 2.29. The van der Waals surface area contributed by atoms with Gasteiger partial charge in [-0.3, -0.25) is 9.69 Å². The number of nitrogens with zero attached hydrogens (tertiary/aromatic N) is 1. The second-order valence-corrected chi connectivity index (χ2v) is 8.40. The predicted molar refractivity (Wildman–Crippen MR) is 122 cm³/mol. The molecule has 2 aliphatic heterocycles. The van der Waals surface area contributed by atoms with Crippen molar-refractivity contribution in [3.05, 3.63) is 53.1 Å². The smallest absolute Gasteiger partial charge is 0.224 e. The van der Waals surface area contributed by atoms with Crippen LogP contribution >= 0.6 is 0 Å². The lowest BCUT2D eigenvalue weighted by molar-refractivity contribution is -0.116. The molecule has 2 aliphatic rings. The van der Waals surface area contributed by atoms with Crippen LogP contribution in [0.3, 0.4) is 0 Å². The molecule has 7 nitrogen and oxygen atoms in total. The van der Waals surface area contributed by atoms with Crippen LogP contribution in [0, 0.1) is 0 Å². The minimum atomic E-state index is -0.587. The van der Waals surface area contributed by atoms with Crippen LogP contribution in [0.15, 0.2) is 36.4 Å². The first-order valence-electron chi connectivity index (χ1n) is 11.3. The summed E-state index contributed by atoms with van der Waals surface area (Å²) in [4.78, 5) is 13.9. The number of hydrogen-bond donors (Lipinski definition) is 2. The Bertz CT molecular complexity index is 948. The van der Waals surface area contributed by atoms with E-state index in [1.165, 1.54) is 0 Å². The van der Waals surface area contributed by atoms with E-state index in [9.17, 15) is 9.90 Å². The third kappa shape index (κ3) is 5.41. The quantitative estimate of drug-likeness (QED) is 0.657. The number of ether oxygens (including phenoxy) is 3. The Kier molecular flexibility index (Phi) is 7.29. The van der Waals surface area contributed by atoms with Crippen molar-refractivity contribution in [1.82, 2.24) is 4.90 Å². The van der Waals surface area contributed by atoms with Crippen molar-refractivity contribution in [3.63, 3.8) is 0 Å².